The molecule has 0 bridgehead atoms. The van der Waals surface area contributed by atoms with E-state index in [0.717, 1.165) is 11.8 Å². The van der Waals surface area contributed by atoms with Crippen LogP contribution >= 0.6 is 23.4 Å². The van der Waals surface area contributed by atoms with Crippen molar-refractivity contribution in [2.45, 2.75) is 0 Å². The summed E-state index contributed by atoms with van der Waals surface area (Å²) < 4.78 is 0.451. The third-order valence-electron chi connectivity index (χ3n) is 0.242. The second-order valence-corrected chi connectivity index (χ2v) is 2.83. The minimum atomic E-state index is 0.451. The van der Waals surface area contributed by atoms with Crippen molar-refractivity contribution in [2.75, 3.05) is 0 Å². The molecule has 40 valence electrons. The van der Waals surface area contributed by atoms with Crippen molar-refractivity contribution in [1.29, 1.82) is 0 Å². The Balaban J connectivity index is 3.32. The van der Waals surface area contributed by atoms with Gasteiger partial charge in [0.05, 0.1) is 9.39 Å². The van der Waals surface area contributed by atoms with Crippen molar-refractivity contribution in [3.63, 3.8) is 0 Å². The maximum absolute atomic E-state index is 5.30. The maximum atomic E-state index is 5.30. The summed E-state index contributed by atoms with van der Waals surface area (Å²) in [6.07, 6.45) is 0. The van der Waals surface area contributed by atoms with Crippen LogP contribution in [-0.4, -0.2) is 0 Å². The fourth-order valence-electron chi connectivity index (χ4n) is 0.142. The van der Waals surface area contributed by atoms with Gasteiger partial charge in [-0.05, 0) is 0 Å². The topological polar surface area (TPSA) is 26.0 Å². The molecule has 0 saturated heterocycles. The second-order valence-electron chi connectivity index (χ2n) is 0.923. The van der Waals surface area contributed by atoms with Crippen LogP contribution in [0.3, 0.4) is 0 Å². The number of rotatable bonds is 2. The van der Waals surface area contributed by atoms with E-state index in [0.29, 0.717) is 9.39 Å². The van der Waals surface area contributed by atoms with Gasteiger partial charge in [0.15, 0.2) is 0 Å². The van der Waals surface area contributed by atoms with Gasteiger partial charge < -0.3 is 5.73 Å². The number of halogens is 1. The third-order valence-corrected chi connectivity index (χ3v) is 0.957. The van der Waals surface area contributed by atoms with E-state index >= 15 is 0 Å². The van der Waals surface area contributed by atoms with Crippen LogP contribution in [0.2, 0.25) is 0 Å². The van der Waals surface area contributed by atoms with Crippen LogP contribution in [0.15, 0.2) is 22.6 Å². The first-order valence-corrected chi connectivity index (χ1v) is 2.79. The summed E-state index contributed by atoms with van der Waals surface area (Å²) >= 11 is 6.46. The van der Waals surface area contributed by atoms with E-state index < -0.39 is 0 Å². The van der Waals surface area contributed by atoms with Gasteiger partial charge in [-0.1, -0.05) is 36.5 Å². The van der Waals surface area contributed by atoms with Crippen LogP contribution < -0.4 is 5.73 Å². The molecule has 0 atom stereocenters. The van der Waals surface area contributed by atoms with Gasteiger partial charge >= 0.3 is 0 Å². The Morgan fingerprint density at radius 3 is 2.00 bits per heavy atom. The van der Waals surface area contributed by atoms with E-state index in [1.54, 1.807) is 0 Å². The minimum Gasteiger partial charge on any atom is -0.394 e. The van der Waals surface area contributed by atoms with Gasteiger partial charge in [-0.15, -0.1) is 0 Å². The Morgan fingerprint density at radius 2 is 2.00 bits per heavy atom. The predicted octanol–water partition coefficient (Wildman–Crippen LogP) is 1.86. The molecule has 2 N–H and O–H groups in total. The molecule has 1 nitrogen and oxygen atoms in total. The molecule has 3 heteroatoms. The van der Waals surface area contributed by atoms with Gasteiger partial charge in [-0.2, -0.15) is 0 Å². The molecule has 0 amide bonds. The lowest BCUT2D eigenvalue weighted by atomic mass is 11.1. The Kier molecular flexibility index (Phi) is 2.96. The first kappa shape index (κ1) is 6.92. The van der Waals surface area contributed by atoms with Crippen molar-refractivity contribution in [3.8, 4) is 0 Å². The average Bonchev–Trinajstić information content (AvgIpc) is 1.27. The van der Waals surface area contributed by atoms with Gasteiger partial charge in [0.1, 0.15) is 0 Å². The van der Waals surface area contributed by atoms with E-state index in [-0.39, 0.29) is 0 Å². The Labute approximate surface area is 52.2 Å². The molecule has 0 fully saturated rings. The average molecular weight is 136 g/mol. The van der Waals surface area contributed by atoms with E-state index in [1.807, 2.05) is 0 Å². The molecule has 0 unspecified atom stereocenters. The van der Waals surface area contributed by atoms with Crippen LogP contribution in [0.4, 0.5) is 0 Å². The van der Waals surface area contributed by atoms with E-state index in [2.05, 4.69) is 13.2 Å². The molecular weight excluding hydrogens is 130 g/mol. The molecule has 0 aliphatic rings. The highest BCUT2D eigenvalue weighted by molar-refractivity contribution is 8.08. The van der Waals surface area contributed by atoms with Crippen molar-refractivity contribution in [3.05, 3.63) is 22.6 Å². The first-order valence-electron chi connectivity index (χ1n) is 1.59. The summed E-state index contributed by atoms with van der Waals surface area (Å²) in [6, 6.07) is 0. The maximum Gasteiger partial charge on any atom is 0.0724 e. The van der Waals surface area contributed by atoms with Gasteiger partial charge in [0.2, 0.25) is 0 Å². The molecule has 0 aliphatic heterocycles. The molecule has 0 radical (unpaired) electrons. The molecule has 0 aromatic rings. The van der Waals surface area contributed by atoms with Crippen molar-refractivity contribution in [2.24, 2.45) is 5.73 Å². The number of hydrogen-bond acceptors (Lipinski definition) is 2. The van der Waals surface area contributed by atoms with Gasteiger partial charge in [-0.25, -0.2) is 0 Å². The van der Waals surface area contributed by atoms with Crippen LogP contribution in [0.1, 0.15) is 0 Å². The van der Waals surface area contributed by atoms with E-state index in [9.17, 15) is 0 Å². The zero-order valence-electron chi connectivity index (χ0n) is 3.78. The summed E-state index contributed by atoms with van der Waals surface area (Å²) in [4.78, 5) is 0. The number of thioether (sulfide) groups is 1. The SMILES string of the molecule is C=C(N)SC(=C)Cl. The largest absolute Gasteiger partial charge is 0.394 e. The van der Waals surface area contributed by atoms with E-state index in [1.165, 1.54) is 0 Å². The Hall–Kier alpha value is -0.0800. The first-order chi connectivity index (χ1) is 3.13. The van der Waals surface area contributed by atoms with Gasteiger partial charge in [-0.3, -0.25) is 0 Å². The van der Waals surface area contributed by atoms with Crippen molar-refractivity contribution < 1.29 is 0 Å². The van der Waals surface area contributed by atoms with Crippen molar-refractivity contribution >= 4 is 23.4 Å². The highest BCUT2D eigenvalue weighted by Gasteiger charge is 1.86. The normalized spacial score (nSPS) is 8.14. The molecule has 0 heterocycles. The van der Waals surface area contributed by atoms with Crippen LogP contribution in [0.25, 0.3) is 0 Å². The molecule has 0 aliphatic carbocycles. The zero-order chi connectivity index (χ0) is 5.86. The lowest BCUT2D eigenvalue weighted by molar-refractivity contribution is 1.59. The summed E-state index contributed by atoms with van der Waals surface area (Å²) in [7, 11) is 0. The summed E-state index contributed by atoms with van der Waals surface area (Å²) in [6.45, 7) is 6.77. The predicted molar refractivity (Wildman–Crippen MR) is 35.9 cm³/mol. The van der Waals surface area contributed by atoms with Gasteiger partial charge in [0, 0.05) is 0 Å². The summed E-state index contributed by atoms with van der Waals surface area (Å²) in [5.74, 6) is 0. The fourth-order valence-corrected chi connectivity index (χ4v) is 0.724. The molecule has 0 spiro atoms. The summed E-state index contributed by atoms with van der Waals surface area (Å²) in [5, 5.41) is 0.472. The monoisotopic (exact) mass is 135 g/mol. The molecule has 0 saturated carbocycles. The molecule has 7 heavy (non-hydrogen) atoms. The van der Waals surface area contributed by atoms with Gasteiger partial charge in [0.25, 0.3) is 0 Å². The van der Waals surface area contributed by atoms with Crippen molar-refractivity contribution in [1.82, 2.24) is 0 Å². The lowest BCUT2D eigenvalue weighted by Gasteiger charge is -1.90. The number of hydrogen-bond donors (Lipinski definition) is 1. The van der Waals surface area contributed by atoms with Crippen LogP contribution in [0, 0.1) is 0 Å². The zero-order valence-corrected chi connectivity index (χ0v) is 5.35. The highest BCUT2D eigenvalue weighted by Crippen LogP contribution is 2.20. The highest BCUT2D eigenvalue weighted by atomic mass is 35.5. The smallest absolute Gasteiger partial charge is 0.0724 e. The number of nitrogens with two attached hydrogens (primary N) is 1. The molecule has 0 aromatic carbocycles. The quantitative estimate of drug-likeness (QED) is 0.626. The van der Waals surface area contributed by atoms with Crippen LogP contribution in [-0.2, 0) is 0 Å². The lowest BCUT2D eigenvalue weighted by Crippen LogP contribution is -1.85. The van der Waals surface area contributed by atoms with E-state index in [4.69, 9.17) is 17.3 Å². The Bertz CT molecular complexity index is 87.9. The standard InChI is InChI=1S/C4H6ClNS/c1-3(5)7-4(2)6/h1-2,6H2. The second kappa shape index (κ2) is 2.99. The Morgan fingerprint density at radius 1 is 1.57 bits per heavy atom. The summed E-state index contributed by atoms with van der Waals surface area (Å²) in [5.41, 5.74) is 5.12. The van der Waals surface area contributed by atoms with Crippen LogP contribution in [0.5, 0.6) is 0 Å². The third kappa shape index (κ3) is 5.92. The fraction of sp³-hybridized carbons (Fsp3) is 0. The molecule has 0 rings (SSSR count). The molecular formula is C4H6ClNS. The minimum absolute atomic E-state index is 0.451. The molecule has 0 aromatic heterocycles.